The number of benzene rings is 1. The third-order valence-corrected chi connectivity index (χ3v) is 6.75. The summed E-state index contributed by atoms with van der Waals surface area (Å²) in [4.78, 5) is 0. The zero-order valence-electron chi connectivity index (χ0n) is 18.2. The number of hydrogen-bond donors (Lipinski definition) is 0. The molecule has 0 amide bonds. The van der Waals surface area contributed by atoms with Crippen molar-refractivity contribution in [3.8, 4) is 5.75 Å². The van der Waals surface area contributed by atoms with Crippen LogP contribution in [0.2, 0.25) is 0 Å². The van der Waals surface area contributed by atoms with Gasteiger partial charge in [0.1, 0.15) is 5.75 Å². The van der Waals surface area contributed by atoms with Crippen LogP contribution in [0.5, 0.6) is 5.75 Å². The second-order valence-corrected chi connectivity index (χ2v) is 9.08. The Morgan fingerprint density at radius 1 is 0.893 bits per heavy atom. The van der Waals surface area contributed by atoms with Gasteiger partial charge in [-0.1, -0.05) is 89.2 Å². The summed E-state index contributed by atoms with van der Waals surface area (Å²) in [5.41, 5.74) is 2.70. The van der Waals surface area contributed by atoms with E-state index in [2.05, 4.69) is 56.3 Å². The average molecular weight is 381 g/mol. The van der Waals surface area contributed by atoms with E-state index in [9.17, 15) is 0 Å². The molecule has 28 heavy (non-hydrogen) atoms. The maximum Gasteiger partial charge on any atom is 0.119 e. The highest BCUT2D eigenvalue weighted by molar-refractivity contribution is 5.75. The Kier molecular flexibility index (Phi) is 8.70. The second-order valence-electron chi connectivity index (χ2n) is 9.08. The zero-order chi connectivity index (χ0) is 19.6. The quantitative estimate of drug-likeness (QED) is 0.371. The Morgan fingerprint density at radius 3 is 2.29 bits per heavy atom. The van der Waals surface area contributed by atoms with Gasteiger partial charge >= 0.3 is 0 Å². The van der Waals surface area contributed by atoms with Gasteiger partial charge in [-0.15, -0.1) is 0 Å². The highest BCUT2D eigenvalue weighted by Crippen LogP contribution is 2.38. The van der Waals surface area contributed by atoms with Crippen LogP contribution < -0.4 is 4.74 Å². The lowest BCUT2D eigenvalue weighted by Gasteiger charge is -2.32. The minimum atomic E-state index is 0.760. The summed E-state index contributed by atoms with van der Waals surface area (Å²) in [6.07, 6.45) is 22.0. The van der Waals surface area contributed by atoms with Gasteiger partial charge in [-0.05, 0) is 66.7 Å². The van der Waals surface area contributed by atoms with Crippen molar-refractivity contribution < 1.29 is 4.74 Å². The molecular weight excluding hydrogens is 340 g/mol. The highest BCUT2D eigenvalue weighted by Gasteiger charge is 2.25. The molecule has 1 fully saturated rings. The molecule has 154 valence electrons. The van der Waals surface area contributed by atoms with Crippen molar-refractivity contribution in [1.82, 2.24) is 0 Å². The highest BCUT2D eigenvalue weighted by atomic mass is 16.5. The fourth-order valence-corrected chi connectivity index (χ4v) is 4.73. The molecule has 1 unspecified atom stereocenters. The first-order chi connectivity index (χ1) is 13.8. The minimum absolute atomic E-state index is 0.760. The van der Waals surface area contributed by atoms with Crippen molar-refractivity contribution in [3.05, 3.63) is 48.1 Å². The summed E-state index contributed by atoms with van der Waals surface area (Å²) in [6.45, 7) is 5.52. The molecule has 0 N–H and O–H groups in total. The molecule has 0 saturated heterocycles. The van der Waals surface area contributed by atoms with E-state index in [0.29, 0.717) is 0 Å². The Bertz CT molecular complexity index is 616. The predicted octanol–water partition coefficient (Wildman–Crippen LogP) is 8.21. The normalized spacial score (nSPS) is 24.8. The van der Waals surface area contributed by atoms with Crippen LogP contribution in [-0.2, 0) is 0 Å². The Balaban J connectivity index is 1.40. The van der Waals surface area contributed by atoms with E-state index in [0.717, 1.165) is 30.1 Å². The summed E-state index contributed by atoms with van der Waals surface area (Å²) < 4.78 is 5.92. The molecule has 3 rings (SSSR count). The molecule has 1 aromatic rings. The fraction of sp³-hybridized carbons (Fsp3) is 0.630. The SMILES string of the molecule is CCCCCCCCOc1ccc(C2=CCC(C3CCC(C)CC3)C=C2)cc1. The minimum Gasteiger partial charge on any atom is -0.494 e. The third kappa shape index (κ3) is 6.54. The summed E-state index contributed by atoms with van der Waals surface area (Å²) in [5, 5.41) is 0. The first kappa shape index (κ1) is 21.2. The predicted molar refractivity (Wildman–Crippen MR) is 122 cm³/mol. The maximum absolute atomic E-state index is 5.92. The van der Waals surface area contributed by atoms with Crippen LogP contribution in [0, 0.1) is 17.8 Å². The lowest BCUT2D eigenvalue weighted by Crippen LogP contribution is -2.20. The van der Waals surface area contributed by atoms with Crippen molar-refractivity contribution in [2.75, 3.05) is 6.61 Å². The number of allylic oxidation sites excluding steroid dienone is 4. The van der Waals surface area contributed by atoms with E-state index >= 15 is 0 Å². The Morgan fingerprint density at radius 2 is 1.61 bits per heavy atom. The molecule has 0 radical (unpaired) electrons. The van der Waals surface area contributed by atoms with Gasteiger partial charge in [-0.25, -0.2) is 0 Å². The summed E-state index contributed by atoms with van der Waals surface area (Å²) in [7, 11) is 0. The molecule has 1 aromatic carbocycles. The van der Waals surface area contributed by atoms with Crippen molar-refractivity contribution in [1.29, 1.82) is 0 Å². The van der Waals surface area contributed by atoms with Gasteiger partial charge in [-0.2, -0.15) is 0 Å². The van der Waals surface area contributed by atoms with Crippen LogP contribution in [0.4, 0.5) is 0 Å². The molecule has 2 aliphatic carbocycles. The third-order valence-electron chi connectivity index (χ3n) is 6.75. The van der Waals surface area contributed by atoms with E-state index in [-0.39, 0.29) is 0 Å². The molecule has 0 aliphatic heterocycles. The lowest BCUT2D eigenvalue weighted by molar-refractivity contribution is 0.240. The number of unbranched alkanes of at least 4 members (excludes halogenated alkanes) is 5. The Hall–Kier alpha value is -1.50. The fourth-order valence-electron chi connectivity index (χ4n) is 4.73. The van der Waals surface area contributed by atoms with Crippen LogP contribution in [-0.4, -0.2) is 6.61 Å². The van der Waals surface area contributed by atoms with E-state index < -0.39 is 0 Å². The van der Waals surface area contributed by atoms with E-state index in [4.69, 9.17) is 4.74 Å². The van der Waals surface area contributed by atoms with Gasteiger partial charge in [0, 0.05) is 0 Å². The van der Waals surface area contributed by atoms with Gasteiger partial charge in [0.2, 0.25) is 0 Å². The smallest absolute Gasteiger partial charge is 0.119 e. The first-order valence-electron chi connectivity index (χ1n) is 11.9. The van der Waals surface area contributed by atoms with E-state index in [1.807, 2.05) is 0 Å². The lowest BCUT2D eigenvalue weighted by atomic mass is 9.74. The van der Waals surface area contributed by atoms with Gasteiger partial charge in [0.25, 0.3) is 0 Å². The second kappa shape index (κ2) is 11.5. The molecule has 0 bridgehead atoms. The topological polar surface area (TPSA) is 9.23 Å². The average Bonchev–Trinajstić information content (AvgIpc) is 2.74. The van der Waals surface area contributed by atoms with Crippen molar-refractivity contribution in [2.24, 2.45) is 17.8 Å². The van der Waals surface area contributed by atoms with E-state index in [1.165, 1.54) is 81.8 Å². The van der Waals surface area contributed by atoms with Gasteiger partial charge in [0.05, 0.1) is 6.61 Å². The van der Waals surface area contributed by atoms with E-state index in [1.54, 1.807) is 0 Å². The van der Waals surface area contributed by atoms with Crippen molar-refractivity contribution in [2.45, 2.75) is 84.5 Å². The van der Waals surface area contributed by atoms with Crippen molar-refractivity contribution >= 4 is 5.57 Å². The van der Waals surface area contributed by atoms with Crippen LogP contribution in [0.15, 0.2) is 42.5 Å². The zero-order valence-corrected chi connectivity index (χ0v) is 18.2. The molecule has 0 aromatic heterocycles. The Labute approximate surface area is 173 Å². The number of hydrogen-bond acceptors (Lipinski definition) is 1. The molecule has 1 heteroatoms. The van der Waals surface area contributed by atoms with Gasteiger partial charge in [-0.3, -0.25) is 0 Å². The van der Waals surface area contributed by atoms with Crippen LogP contribution in [0.25, 0.3) is 5.57 Å². The van der Waals surface area contributed by atoms with Crippen LogP contribution in [0.1, 0.15) is 90.0 Å². The standard InChI is InChI=1S/C27H40O/c1-3-4-5-6-7-8-21-28-27-19-17-26(18-20-27)25-15-13-24(14-16-25)23-11-9-22(2)10-12-23/h13,15-20,22-24H,3-12,14,21H2,1-2H3. The largest absolute Gasteiger partial charge is 0.494 e. The first-order valence-corrected chi connectivity index (χ1v) is 11.9. The molecular formula is C27H40O. The van der Waals surface area contributed by atoms with Crippen LogP contribution >= 0.6 is 0 Å². The van der Waals surface area contributed by atoms with Gasteiger partial charge < -0.3 is 4.74 Å². The van der Waals surface area contributed by atoms with Crippen LogP contribution in [0.3, 0.4) is 0 Å². The summed E-state index contributed by atoms with van der Waals surface area (Å²) in [6, 6.07) is 8.70. The molecule has 2 aliphatic rings. The molecule has 0 spiro atoms. The number of rotatable bonds is 10. The number of ether oxygens (including phenoxy) is 1. The monoisotopic (exact) mass is 380 g/mol. The molecule has 1 nitrogen and oxygen atoms in total. The molecule has 1 atom stereocenters. The maximum atomic E-state index is 5.92. The molecule has 0 heterocycles. The summed E-state index contributed by atoms with van der Waals surface area (Å²) >= 11 is 0. The van der Waals surface area contributed by atoms with Crippen molar-refractivity contribution in [3.63, 3.8) is 0 Å². The van der Waals surface area contributed by atoms with Gasteiger partial charge in [0.15, 0.2) is 0 Å². The molecule has 1 saturated carbocycles. The summed E-state index contributed by atoms with van der Waals surface area (Å²) in [5.74, 6) is 3.61.